The molecule has 0 amide bonds. The highest BCUT2D eigenvalue weighted by molar-refractivity contribution is 7.91. The van der Waals surface area contributed by atoms with E-state index in [4.69, 9.17) is 11.6 Å². The first-order chi connectivity index (χ1) is 11.0. The first-order valence-electron chi connectivity index (χ1n) is 6.37. The minimum atomic E-state index is -3.58. The van der Waals surface area contributed by atoms with E-state index in [0.717, 1.165) is 16.2 Å². The van der Waals surface area contributed by atoms with Crippen LogP contribution in [0.1, 0.15) is 19.4 Å². The molecular formula is C14H10ClNO3S4. The van der Waals surface area contributed by atoms with E-state index in [-0.39, 0.29) is 16.5 Å². The van der Waals surface area contributed by atoms with E-state index in [1.807, 2.05) is 11.4 Å². The number of ketones is 1. The molecule has 23 heavy (non-hydrogen) atoms. The van der Waals surface area contributed by atoms with Crippen LogP contribution in [-0.2, 0) is 16.6 Å². The molecule has 0 radical (unpaired) electrons. The summed E-state index contributed by atoms with van der Waals surface area (Å²) >= 11 is 9.44. The summed E-state index contributed by atoms with van der Waals surface area (Å²) in [6.07, 6.45) is 0. The van der Waals surface area contributed by atoms with Gasteiger partial charge in [0.05, 0.1) is 14.1 Å². The molecule has 9 heteroatoms. The average Bonchev–Trinajstić information content (AvgIpc) is 3.25. The molecule has 3 aromatic rings. The van der Waals surface area contributed by atoms with E-state index in [1.165, 1.54) is 28.7 Å². The lowest BCUT2D eigenvalue weighted by Crippen LogP contribution is -2.21. The maximum atomic E-state index is 12.2. The van der Waals surface area contributed by atoms with E-state index < -0.39 is 10.0 Å². The molecule has 0 spiro atoms. The number of halogens is 1. The van der Waals surface area contributed by atoms with Crippen molar-refractivity contribution in [1.82, 2.24) is 4.72 Å². The molecule has 1 N–H and O–H groups in total. The number of hydrogen-bond donors (Lipinski definition) is 1. The van der Waals surface area contributed by atoms with Gasteiger partial charge in [0.2, 0.25) is 15.8 Å². The Morgan fingerprint density at radius 2 is 1.91 bits per heavy atom. The molecule has 0 aromatic carbocycles. The summed E-state index contributed by atoms with van der Waals surface area (Å²) in [4.78, 5) is 14.3. The highest BCUT2D eigenvalue weighted by Gasteiger charge is 2.18. The number of hydrogen-bond acceptors (Lipinski definition) is 6. The van der Waals surface area contributed by atoms with E-state index in [2.05, 4.69) is 4.72 Å². The van der Waals surface area contributed by atoms with Crippen molar-refractivity contribution in [2.45, 2.75) is 10.8 Å². The van der Waals surface area contributed by atoms with Crippen molar-refractivity contribution in [3.05, 3.63) is 60.7 Å². The van der Waals surface area contributed by atoms with Gasteiger partial charge in [-0.2, -0.15) is 0 Å². The normalized spacial score (nSPS) is 11.7. The number of sulfonamides is 1. The predicted molar refractivity (Wildman–Crippen MR) is 95.4 cm³/mol. The zero-order valence-electron chi connectivity index (χ0n) is 11.5. The van der Waals surface area contributed by atoms with Crippen LogP contribution in [-0.4, -0.2) is 14.2 Å². The van der Waals surface area contributed by atoms with Crippen LogP contribution in [0.15, 0.2) is 46.0 Å². The highest BCUT2D eigenvalue weighted by atomic mass is 35.5. The molecule has 0 aliphatic carbocycles. The first-order valence-corrected chi connectivity index (χ1v) is 10.7. The third kappa shape index (κ3) is 3.90. The molecule has 0 atom stereocenters. The molecule has 0 fully saturated rings. The largest absolute Gasteiger partial charge is 0.287 e. The number of carbonyl (C=O) groups excluding carboxylic acids is 1. The Hall–Kier alpha value is -1.03. The predicted octanol–water partition coefficient (Wildman–Crippen LogP) is 4.23. The summed E-state index contributed by atoms with van der Waals surface area (Å²) in [6, 6.07) is 10.1. The van der Waals surface area contributed by atoms with Crippen LogP contribution >= 0.6 is 45.6 Å². The van der Waals surface area contributed by atoms with Gasteiger partial charge >= 0.3 is 0 Å². The van der Waals surface area contributed by atoms with Gasteiger partial charge in [-0.15, -0.1) is 34.0 Å². The standard InChI is InChI=1S/C14H10ClNO3S4/c15-12-5-6-13(22-12)23(18,19)16-8-9-3-4-11(21-9)14(17)10-2-1-7-20-10/h1-7,16H,8H2. The minimum absolute atomic E-state index is 0.0378. The number of nitrogens with one attached hydrogen (secondary N) is 1. The molecule has 120 valence electrons. The fourth-order valence-corrected chi connectivity index (χ4v) is 6.07. The van der Waals surface area contributed by atoms with Gasteiger partial charge in [-0.3, -0.25) is 4.79 Å². The van der Waals surface area contributed by atoms with Crippen LogP contribution < -0.4 is 4.72 Å². The molecule has 0 aliphatic rings. The van der Waals surface area contributed by atoms with E-state index in [1.54, 1.807) is 24.3 Å². The summed E-state index contributed by atoms with van der Waals surface area (Å²) in [7, 11) is -3.58. The Morgan fingerprint density at radius 1 is 1.09 bits per heavy atom. The van der Waals surface area contributed by atoms with Gasteiger partial charge in [0.1, 0.15) is 4.21 Å². The maximum Gasteiger partial charge on any atom is 0.250 e. The Bertz CT molecular complexity index is 925. The van der Waals surface area contributed by atoms with Crippen LogP contribution in [0.4, 0.5) is 0 Å². The second-order valence-electron chi connectivity index (χ2n) is 4.46. The van der Waals surface area contributed by atoms with E-state index in [9.17, 15) is 13.2 Å². The average molecular weight is 404 g/mol. The number of rotatable bonds is 6. The third-order valence-electron chi connectivity index (χ3n) is 2.88. The van der Waals surface area contributed by atoms with Gasteiger partial charge in [-0.1, -0.05) is 17.7 Å². The van der Waals surface area contributed by atoms with Crippen molar-refractivity contribution < 1.29 is 13.2 Å². The second kappa shape index (κ2) is 6.84. The van der Waals surface area contributed by atoms with Crippen molar-refractivity contribution in [2.24, 2.45) is 0 Å². The summed E-state index contributed by atoms with van der Waals surface area (Å²) in [5, 5.41) is 1.85. The molecule has 0 bridgehead atoms. The lowest BCUT2D eigenvalue weighted by molar-refractivity contribution is 0.104. The van der Waals surface area contributed by atoms with E-state index in [0.29, 0.717) is 14.1 Å². The number of thiophene rings is 3. The Balaban J connectivity index is 1.69. The quantitative estimate of drug-likeness (QED) is 0.626. The van der Waals surface area contributed by atoms with Crippen molar-refractivity contribution in [1.29, 1.82) is 0 Å². The van der Waals surface area contributed by atoms with Crippen LogP contribution in [0, 0.1) is 0 Å². The molecule has 3 aromatic heterocycles. The van der Waals surface area contributed by atoms with Gasteiger partial charge in [-0.05, 0) is 35.7 Å². The molecule has 3 heterocycles. The van der Waals surface area contributed by atoms with Crippen LogP contribution in [0.5, 0.6) is 0 Å². The van der Waals surface area contributed by atoms with Crippen molar-refractivity contribution >= 4 is 61.4 Å². The fourth-order valence-electron chi connectivity index (χ4n) is 1.80. The summed E-state index contributed by atoms with van der Waals surface area (Å²) in [6.45, 7) is 0.139. The number of carbonyl (C=O) groups is 1. The maximum absolute atomic E-state index is 12.2. The molecule has 0 saturated carbocycles. The second-order valence-corrected chi connectivity index (χ2v) is 10.3. The van der Waals surface area contributed by atoms with Crippen molar-refractivity contribution in [3.63, 3.8) is 0 Å². The monoisotopic (exact) mass is 403 g/mol. The van der Waals surface area contributed by atoms with Gasteiger partial charge in [-0.25, -0.2) is 13.1 Å². The lowest BCUT2D eigenvalue weighted by atomic mass is 10.3. The van der Waals surface area contributed by atoms with Crippen LogP contribution in [0.3, 0.4) is 0 Å². The Morgan fingerprint density at radius 3 is 2.57 bits per heavy atom. The summed E-state index contributed by atoms with van der Waals surface area (Å²) < 4.78 is 27.4. The highest BCUT2D eigenvalue weighted by Crippen LogP contribution is 2.26. The molecule has 3 rings (SSSR count). The van der Waals surface area contributed by atoms with Gasteiger partial charge in [0.15, 0.2) is 0 Å². The van der Waals surface area contributed by atoms with Gasteiger partial charge in [0, 0.05) is 11.4 Å². The zero-order valence-corrected chi connectivity index (χ0v) is 15.5. The smallest absolute Gasteiger partial charge is 0.250 e. The molecular weight excluding hydrogens is 394 g/mol. The van der Waals surface area contributed by atoms with Gasteiger partial charge in [0.25, 0.3) is 0 Å². The molecule has 4 nitrogen and oxygen atoms in total. The Labute approximate surface area is 150 Å². The van der Waals surface area contributed by atoms with Gasteiger partial charge < -0.3 is 0 Å². The summed E-state index contributed by atoms with van der Waals surface area (Å²) in [5.74, 6) is -0.0378. The van der Waals surface area contributed by atoms with Crippen molar-refractivity contribution in [2.75, 3.05) is 0 Å². The Kier molecular flexibility index (Phi) is 5.00. The SMILES string of the molecule is O=C(c1cccs1)c1ccc(CNS(=O)(=O)c2ccc(Cl)s2)s1. The van der Waals surface area contributed by atoms with E-state index >= 15 is 0 Å². The first kappa shape index (κ1) is 16.8. The minimum Gasteiger partial charge on any atom is -0.287 e. The van der Waals surface area contributed by atoms with Crippen LogP contribution in [0.2, 0.25) is 4.34 Å². The molecule has 0 aliphatic heterocycles. The molecule has 0 unspecified atom stereocenters. The van der Waals surface area contributed by atoms with Crippen molar-refractivity contribution in [3.8, 4) is 0 Å². The topological polar surface area (TPSA) is 63.2 Å². The zero-order chi connectivity index (χ0) is 16.4. The third-order valence-corrected chi connectivity index (χ3v) is 7.96. The van der Waals surface area contributed by atoms with Crippen LogP contribution in [0.25, 0.3) is 0 Å². The summed E-state index contributed by atoms with van der Waals surface area (Å²) in [5.41, 5.74) is 0. The fraction of sp³-hybridized carbons (Fsp3) is 0.0714. The molecule has 0 saturated heterocycles. The lowest BCUT2D eigenvalue weighted by Gasteiger charge is -2.02.